The maximum absolute atomic E-state index is 12.6. The summed E-state index contributed by atoms with van der Waals surface area (Å²) in [5.74, 6) is -1.52. The van der Waals surface area contributed by atoms with Gasteiger partial charge in [0.1, 0.15) is 19.5 Å². The average molecular weight is 153 g/mol. The number of halogens is 2. The minimum Gasteiger partial charge on any atom is -0.326 e. The molecule has 0 atom stereocenters. The minimum atomic E-state index is -0.759. The first-order chi connectivity index (χ1) is 5.15. The number of benzene rings is 1. The highest BCUT2D eigenvalue weighted by Crippen LogP contribution is 2.03. The molecule has 0 aliphatic heterocycles. The molecule has 0 amide bonds. The van der Waals surface area contributed by atoms with E-state index in [0.29, 0.717) is 5.56 Å². The molecular formula is C7H6BF2N. The molecule has 4 heteroatoms. The van der Waals surface area contributed by atoms with Crippen molar-refractivity contribution in [3.05, 3.63) is 29.3 Å². The van der Waals surface area contributed by atoms with Crippen molar-refractivity contribution in [1.29, 1.82) is 0 Å². The largest absolute Gasteiger partial charge is 0.326 e. The Hall–Kier alpha value is -0.895. The molecule has 1 aromatic rings. The Balaban J connectivity index is 3.21. The molecule has 0 saturated carbocycles. The van der Waals surface area contributed by atoms with Crippen LogP contribution in [-0.4, -0.2) is 7.85 Å². The first-order valence-electron chi connectivity index (χ1n) is 3.08. The van der Waals surface area contributed by atoms with Crippen LogP contribution in [0.3, 0.4) is 0 Å². The highest BCUT2D eigenvalue weighted by molar-refractivity contribution is 6.32. The van der Waals surface area contributed by atoms with Crippen molar-refractivity contribution in [3.63, 3.8) is 0 Å². The van der Waals surface area contributed by atoms with Gasteiger partial charge < -0.3 is 5.73 Å². The Morgan fingerprint density at radius 3 is 2.09 bits per heavy atom. The van der Waals surface area contributed by atoms with Crippen molar-refractivity contribution in [2.75, 3.05) is 0 Å². The second kappa shape index (κ2) is 3.01. The molecular weight excluding hydrogens is 147 g/mol. The fraction of sp³-hybridized carbons (Fsp3) is 0.143. The van der Waals surface area contributed by atoms with E-state index in [1.54, 1.807) is 0 Å². The van der Waals surface area contributed by atoms with E-state index in [-0.39, 0.29) is 6.54 Å². The molecule has 0 heterocycles. The molecule has 2 N–H and O–H groups in total. The van der Waals surface area contributed by atoms with Crippen LogP contribution in [0, 0.1) is 11.6 Å². The van der Waals surface area contributed by atoms with Crippen molar-refractivity contribution < 1.29 is 8.78 Å². The normalized spacial score (nSPS) is 10.1. The third-order valence-corrected chi connectivity index (χ3v) is 1.37. The van der Waals surface area contributed by atoms with Crippen molar-refractivity contribution in [3.8, 4) is 0 Å². The molecule has 1 nitrogen and oxygen atoms in total. The first kappa shape index (κ1) is 8.20. The van der Waals surface area contributed by atoms with Crippen LogP contribution in [0.4, 0.5) is 8.78 Å². The van der Waals surface area contributed by atoms with Gasteiger partial charge in [0.15, 0.2) is 0 Å². The van der Waals surface area contributed by atoms with Crippen LogP contribution < -0.4 is 11.2 Å². The summed E-state index contributed by atoms with van der Waals surface area (Å²) in [6, 6.07) is 2.25. The Kier molecular flexibility index (Phi) is 2.24. The summed E-state index contributed by atoms with van der Waals surface area (Å²) < 4.78 is 25.2. The SMILES string of the molecule is [B]c1c(F)cc(CN)cc1F. The first-order valence-corrected chi connectivity index (χ1v) is 3.08. The molecule has 0 saturated heterocycles. The second-order valence-electron chi connectivity index (χ2n) is 2.18. The third-order valence-electron chi connectivity index (χ3n) is 1.37. The van der Waals surface area contributed by atoms with Gasteiger partial charge in [0.05, 0.1) is 0 Å². The van der Waals surface area contributed by atoms with Crippen molar-refractivity contribution in [1.82, 2.24) is 0 Å². The monoisotopic (exact) mass is 153 g/mol. The standard InChI is InChI=1S/C7H6BF2N/c8-7-5(9)1-4(3-11)2-6(7)10/h1-2H,3,11H2. The molecule has 0 bridgehead atoms. The van der Waals surface area contributed by atoms with Gasteiger partial charge in [-0.3, -0.25) is 0 Å². The van der Waals surface area contributed by atoms with Gasteiger partial charge >= 0.3 is 0 Å². The molecule has 0 aliphatic carbocycles. The Labute approximate surface area is 64.6 Å². The van der Waals surface area contributed by atoms with Gasteiger partial charge in [0.2, 0.25) is 0 Å². The van der Waals surface area contributed by atoms with Crippen LogP contribution in [0.2, 0.25) is 0 Å². The number of hydrogen-bond donors (Lipinski definition) is 1. The topological polar surface area (TPSA) is 26.0 Å². The molecule has 0 spiro atoms. The van der Waals surface area contributed by atoms with E-state index in [1.807, 2.05) is 0 Å². The summed E-state index contributed by atoms with van der Waals surface area (Å²) in [5.41, 5.74) is 5.10. The lowest BCUT2D eigenvalue weighted by Crippen LogP contribution is -2.15. The number of rotatable bonds is 1. The number of nitrogens with two attached hydrogens (primary N) is 1. The highest BCUT2D eigenvalue weighted by atomic mass is 19.1. The minimum absolute atomic E-state index is 0.105. The fourth-order valence-electron chi connectivity index (χ4n) is 0.755. The van der Waals surface area contributed by atoms with Crippen LogP contribution >= 0.6 is 0 Å². The van der Waals surface area contributed by atoms with Crippen molar-refractivity contribution in [2.45, 2.75) is 6.54 Å². The zero-order valence-electron chi connectivity index (χ0n) is 5.77. The predicted molar refractivity (Wildman–Crippen MR) is 39.6 cm³/mol. The van der Waals surface area contributed by atoms with Gasteiger partial charge in [-0.2, -0.15) is 0 Å². The Morgan fingerprint density at radius 1 is 1.27 bits per heavy atom. The van der Waals surface area contributed by atoms with E-state index in [1.165, 1.54) is 0 Å². The van der Waals surface area contributed by atoms with Gasteiger partial charge in [-0.15, -0.1) is 0 Å². The highest BCUT2D eigenvalue weighted by Gasteiger charge is 2.04. The van der Waals surface area contributed by atoms with Gasteiger partial charge in [-0.05, 0) is 23.2 Å². The summed E-state index contributed by atoms with van der Waals surface area (Å²) in [6.07, 6.45) is 0. The quantitative estimate of drug-likeness (QED) is 0.573. The van der Waals surface area contributed by atoms with Crippen LogP contribution in [0.15, 0.2) is 12.1 Å². The van der Waals surface area contributed by atoms with E-state index >= 15 is 0 Å². The molecule has 0 unspecified atom stereocenters. The van der Waals surface area contributed by atoms with Crippen molar-refractivity contribution >= 4 is 13.3 Å². The molecule has 0 fully saturated rings. The van der Waals surface area contributed by atoms with Gasteiger partial charge in [0, 0.05) is 6.54 Å². The average Bonchev–Trinajstić information content (AvgIpc) is 1.99. The van der Waals surface area contributed by atoms with Gasteiger partial charge in [0.25, 0.3) is 0 Å². The zero-order valence-corrected chi connectivity index (χ0v) is 5.77. The van der Waals surface area contributed by atoms with E-state index in [4.69, 9.17) is 13.6 Å². The zero-order chi connectivity index (χ0) is 8.43. The maximum atomic E-state index is 12.6. The van der Waals surface area contributed by atoms with Crippen LogP contribution in [0.25, 0.3) is 0 Å². The van der Waals surface area contributed by atoms with E-state index in [0.717, 1.165) is 12.1 Å². The molecule has 2 radical (unpaired) electrons. The molecule has 11 heavy (non-hydrogen) atoms. The van der Waals surface area contributed by atoms with E-state index in [2.05, 4.69) is 0 Å². The number of hydrogen-bond acceptors (Lipinski definition) is 1. The Bertz CT molecular complexity index is 252. The maximum Gasteiger partial charge on any atom is 0.122 e. The van der Waals surface area contributed by atoms with E-state index in [9.17, 15) is 8.78 Å². The summed E-state index contributed by atoms with van der Waals surface area (Å²) in [5, 5.41) is 0. The smallest absolute Gasteiger partial charge is 0.122 e. The van der Waals surface area contributed by atoms with Gasteiger partial charge in [-0.1, -0.05) is 0 Å². The second-order valence-corrected chi connectivity index (χ2v) is 2.18. The fourth-order valence-corrected chi connectivity index (χ4v) is 0.755. The Morgan fingerprint density at radius 2 is 1.73 bits per heavy atom. The predicted octanol–water partition coefficient (Wildman–Crippen LogP) is 0.217. The van der Waals surface area contributed by atoms with Crippen LogP contribution in [-0.2, 0) is 6.54 Å². The summed E-state index contributed by atoms with van der Waals surface area (Å²) in [4.78, 5) is 0. The lowest BCUT2D eigenvalue weighted by molar-refractivity contribution is 0.594. The van der Waals surface area contributed by atoms with Gasteiger partial charge in [-0.25, -0.2) is 8.78 Å². The third kappa shape index (κ3) is 1.57. The van der Waals surface area contributed by atoms with Crippen molar-refractivity contribution in [2.24, 2.45) is 5.73 Å². The molecule has 1 aromatic carbocycles. The molecule has 0 aromatic heterocycles. The summed E-state index contributed by atoms with van der Waals surface area (Å²) in [6.45, 7) is 0.105. The summed E-state index contributed by atoms with van der Waals surface area (Å²) >= 11 is 0. The van der Waals surface area contributed by atoms with Crippen LogP contribution in [0.1, 0.15) is 5.56 Å². The molecule has 0 aliphatic rings. The lowest BCUT2D eigenvalue weighted by atomic mass is 9.93. The summed E-state index contributed by atoms with van der Waals surface area (Å²) in [7, 11) is 5.01. The lowest BCUT2D eigenvalue weighted by Gasteiger charge is -2.01. The molecule has 56 valence electrons. The molecule has 1 rings (SSSR count). The van der Waals surface area contributed by atoms with E-state index < -0.39 is 17.1 Å². The van der Waals surface area contributed by atoms with Crippen LogP contribution in [0.5, 0.6) is 0 Å².